The summed E-state index contributed by atoms with van der Waals surface area (Å²) in [5.41, 5.74) is 7.66. The quantitative estimate of drug-likeness (QED) is 0.877. The summed E-state index contributed by atoms with van der Waals surface area (Å²) in [5, 5.41) is 0.785. The highest BCUT2D eigenvalue weighted by atomic mass is 35.5. The topological polar surface area (TPSA) is 43.8 Å². The Balaban J connectivity index is 2.25. The zero-order valence-corrected chi connectivity index (χ0v) is 12.5. The van der Waals surface area contributed by atoms with Gasteiger partial charge in [-0.05, 0) is 44.4 Å². The highest BCUT2D eigenvalue weighted by molar-refractivity contribution is 6.35. The number of imidazole rings is 1. The molecule has 2 aromatic rings. The molecule has 19 heavy (non-hydrogen) atoms. The molecule has 0 aliphatic carbocycles. The lowest BCUT2D eigenvalue weighted by atomic mass is 10.0. The Morgan fingerprint density at radius 2 is 2.16 bits per heavy atom. The Labute approximate surface area is 119 Å². The van der Waals surface area contributed by atoms with Crippen molar-refractivity contribution in [3.8, 4) is 0 Å². The number of aromatic nitrogens is 2. The van der Waals surface area contributed by atoms with Gasteiger partial charge in [-0.2, -0.15) is 0 Å². The summed E-state index contributed by atoms with van der Waals surface area (Å²) in [7, 11) is 0. The van der Waals surface area contributed by atoms with E-state index in [0.29, 0.717) is 5.92 Å². The van der Waals surface area contributed by atoms with Crippen molar-refractivity contribution in [3.63, 3.8) is 0 Å². The Hall–Kier alpha value is -1.06. The molecule has 1 aromatic carbocycles. The number of benzene rings is 1. The van der Waals surface area contributed by atoms with Crippen LogP contribution in [-0.2, 0) is 13.0 Å². The summed E-state index contributed by atoms with van der Waals surface area (Å²) in [5.74, 6) is 1.78. The molecule has 0 fully saturated rings. The molecule has 0 saturated heterocycles. The van der Waals surface area contributed by atoms with E-state index in [2.05, 4.69) is 18.4 Å². The van der Waals surface area contributed by atoms with Crippen LogP contribution in [0.5, 0.6) is 0 Å². The van der Waals surface area contributed by atoms with E-state index in [-0.39, 0.29) is 0 Å². The third-order valence-corrected chi connectivity index (χ3v) is 3.94. The monoisotopic (exact) mass is 279 g/mol. The van der Waals surface area contributed by atoms with Crippen LogP contribution in [0.2, 0.25) is 5.02 Å². The fraction of sp³-hybridized carbons (Fsp3) is 0.533. The molecule has 0 bridgehead atoms. The number of nitrogens with zero attached hydrogens (tertiary/aromatic N) is 2. The molecule has 4 heteroatoms. The van der Waals surface area contributed by atoms with Crippen molar-refractivity contribution < 1.29 is 0 Å². The fourth-order valence-electron chi connectivity index (χ4n) is 2.53. The molecule has 0 aliphatic rings. The maximum absolute atomic E-state index is 6.29. The van der Waals surface area contributed by atoms with Gasteiger partial charge < -0.3 is 10.3 Å². The number of hydrogen-bond donors (Lipinski definition) is 1. The van der Waals surface area contributed by atoms with Gasteiger partial charge in [0.15, 0.2) is 0 Å². The molecule has 0 radical (unpaired) electrons. The molecular weight excluding hydrogens is 258 g/mol. The third kappa shape index (κ3) is 3.10. The van der Waals surface area contributed by atoms with E-state index < -0.39 is 0 Å². The lowest BCUT2D eigenvalue weighted by Gasteiger charge is -2.11. The normalized spacial score (nSPS) is 13.1. The molecule has 0 spiro atoms. The smallest absolute Gasteiger partial charge is 0.109 e. The number of rotatable bonds is 6. The first-order chi connectivity index (χ1) is 9.17. The molecule has 0 amide bonds. The molecule has 1 aromatic heterocycles. The second-order valence-electron chi connectivity index (χ2n) is 5.10. The van der Waals surface area contributed by atoms with E-state index in [4.69, 9.17) is 22.3 Å². The van der Waals surface area contributed by atoms with Crippen LogP contribution in [0.4, 0.5) is 0 Å². The van der Waals surface area contributed by atoms with Crippen molar-refractivity contribution in [1.82, 2.24) is 9.55 Å². The molecule has 1 atom stereocenters. The summed E-state index contributed by atoms with van der Waals surface area (Å²) in [6.45, 7) is 6.05. The predicted molar refractivity (Wildman–Crippen MR) is 81.6 cm³/mol. The average molecular weight is 280 g/mol. The lowest BCUT2D eigenvalue weighted by Crippen LogP contribution is -2.09. The Bertz CT molecular complexity index is 548. The van der Waals surface area contributed by atoms with Gasteiger partial charge in [0.05, 0.1) is 16.1 Å². The van der Waals surface area contributed by atoms with Crippen molar-refractivity contribution >= 4 is 22.6 Å². The van der Waals surface area contributed by atoms with E-state index >= 15 is 0 Å². The van der Waals surface area contributed by atoms with Gasteiger partial charge in [0.1, 0.15) is 5.82 Å². The van der Waals surface area contributed by atoms with E-state index in [1.807, 2.05) is 18.2 Å². The summed E-state index contributed by atoms with van der Waals surface area (Å²) < 4.78 is 2.23. The minimum atomic E-state index is 0.644. The lowest BCUT2D eigenvalue weighted by molar-refractivity contribution is 0.488. The minimum Gasteiger partial charge on any atom is -0.330 e. The van der Waals surface area contributed by atoms with Crippen LogP contribution in [0.3, 0.4) is 0 Å². The SMILES string of the molecule is CCn1c(CCC(C)CCN)nc2cccc(Cl)c21. The van der Waals surface area contributed by atoms with Crippen LogP contribution >= 0.6 is 11.6 Å². The Kier molecular flexibility index (Phi) is 4.83. The summed E-state index contributed by atoms with van der Waals surface area (Å²) in [6, 6.07) is 5.91. The van der Waals surface area contributed by atoms with Gasteiger partial charge in [-0.15, -0.1) is 0 Å². The second-order valence-corrected chi connectivity index (χ2v) is 5.51. The fourth-order valence-corrected chi connectivity index (χ4v) is 2.80. The molecule has 2 rings (SSSR count). The van der Waals surface area contributed by atoms with Crippen molar-refractivity contribution in [1.29, 1.82) is 0 Å². The first-order valence-electron chi connectivity index (χ1n) is 7.01. The predicted octanol–water partition coefficient (Wildman–Crippen LogP) is 3.63. The first-order valence-corrected chi connectivity index (χ1v) is 7.38. The minimum absolute atomic E-state index is 0.644. The number of fused-ring (bicyclic) bond motifs is 1. The van der Waals surface area contributed by atoms with Gasteiger partial charge in [0.2, 0.25) is 0 Å². The van der Waals surface area contributed by atoms with Crippen LogP contribution in [0.15, 0.2) is 18.2 Å². The maximum Gasteiger partial charge on any atom is 0.109 e. The molecule has 2 N–H and O–H groups in total. The highest BCUT2D eigenvalue weighted by Gasteiger charge is 2.13. The van der Waals surface area contributed by atoms with Crippen LogP contribution in [0.25, 0.3) is 11.0 Å². The van der Waals surface area contributed by atoms with Gasteiger partial charge in [-0.25, -0.2) is 4.98 Å². The van der Waals surface area contributed by atoms with Crippen LogP contribution < -0.4 is 5.73 Å². The van der Waals surface area contributed by atoms with Crippen molar-refractivity contribution in [3.05, 3.63) is 29.0 Å². The molecule has 1 unspecified atom stereocenters. The van der Waals surface area contributed by atoms with E-state index in [1.165, 1.54) is 0 Å². The number of nitrogens with two attached hydrogens (primary N) is 1. The van der Waals surface area contributed by atoms with Crippen molar-refractivity contribution in [2.75, 3.05) is 6.54 Å². The van der Waals surface area contributed by atoms with Gasteiger partial charge in [0.25, 0.3) is 0 Å². The van der Waals surface area contributed by atoms with Crippen LogP contribution in [0.1, 0.15) is 32.5 Å². The summed E-state index contributed by atoms with van der Waals surface area (Å²) in [4.78, 5) is 4.72. The molecule has 104 valence electrons. The molecule has 1 heterocycles. The molecule has 3 nitrogen and oxygen atoms in total. The van der Waals surface area contributed by atoms with Crippen LogP contribution in [0, 0.1) is 5.92 Å². The molecule has 0 aliphatic heterocycles. The van der Waals surface area contributed by atoms with Gasteiger partial charge in [-0.3, -0.25) is 0 Å². The zero-order chi connectivity index (χ0) is 13.8. The average Bonchev–Trinajstić information content (AvgIpc) is 2.75. The van der Waals surface area contributed by atoms with E-state index in [0.717, 1.165) is 54.2 Å². The van der Waals surface area contributed by atoms with E-state index in [9.17, 15) is 0 Å². The van der Waals surface area contributed by atoms with Crippen molar-refractivity contribution in [2.45, 2.75) is 39.7 Å². The number of aryl methyl sites for hydroxylation is 2. The standard InChI is InChI=1S/C15H22ClN3/c1-3-19-14(8-7-11(2)9-10-17)18-13-6-4-5-12(16)15(13)19/h4-6,11H,3,7-10,17H2,1-2H3. The third-order valence-electron chi connectivity index (χ3n) is 3.63. The van der Waals surface area contributed by atoms with Crippen LogP contribution in [-0.4, -0.2) is 16.1 Å². The molecular formula is C15H22ClN3. The van der Waals surface area contributed by atoms with Gasteiger partial charge >= 0.3 is 0 Å². The van der Waals surface area contributed by atoms with E-state index in [1.54, 1.807) is 0 Å². The number of para-hydroxylation sites is 1. The van der Waals surface area contributed by atoms with Gasteiger partial charge in [-0.1, -0.05) is 24.6 Å². The summed E-state index contributed by atoms with van der Waals surface area (Å²) in [6.07, 6.45) is 3.19. The number of hydrogen-bond acceptors (Lipinski definition) is 2. The largest absolute Gasteiger partial charge is 0.330 e. The molecule has 0 saturated carbocycles. The first kappa shape index (κ1) is 14.4. The number of halogens is 1. The Morgan fingerprint density at radius 3 is 2.84 bits per heavy atom. The van der Waals surface area contributed by atoms with Crippen molar-refractivity contribution in [2.24, 2.45) is 11.7 Å². The zero-order valence-electron chi connectivity index (χ0n) is 11.7. The maximum atomic E-state index is 6.29. The Morgan fingerprint density at radius 1 is 1.37 bits per heavy atom. The second kappa shape index (κ2) is 6.40. The highest BCUT2D eigenvalue weighted by Crippen LogP contribution is 2.25. The summed E-state index contributed by atoms with van der Waals surface area (Å²) >= 11 is 6.29. The van der Waals surface area contributed by atoms with Gasteiger partial charge in [0, 0.05) is 13.0 Å².